The van der Waals surface area contributed by atoms with Crippen LogP contribution in [-0.2, 0) is 28.7 Å². The SMILES string of the molecule is CCC(C)(C)C(=O)NC(CC(=O)NCCOCCC(=O)O)C(=O)NCC(=O)O. The number of carboxylic acid groups (broad SMARTS) is 2. The van der Waals surface area contributed by atoms with Crippen LogP contribution < -0.4 is 16.0 Å². The van der Waals surface area contributed by atoms with E-state index in [1.807, 2.05) is 0 Å². The molecule has 0 spiro atoms. The molecule has 5 N–H and O–H groups in total. The van der Waals surface area contributed by atoms with Gasteiger partial charge < -0.3 is 30.9 Å². The van der Waals surface area contributed by atoms with Crippen molar-refractivity contribution in [1.82, 2.24) is 16.0 Å². The number of carbonyl (C=O) groups is 5. The van der Waals surface area contributed by atoms with Crippen LogP contribution in [0.15, 0.2) is 0 Å². The molecule has 0 fully saturated rings. The third-order valence-electron chi connectivity index (χ3n) is 3.95. The highest BCUT2D eigenvalue weighted by Crippen LogP contribution is 2.19. The van der Waals surface area contributed by atoms with Crippen LogP contribution in [0.2, 0.25) is 0 Å². The van der Waals surface area contributed by atoms with Crippen LogP contribution in [0.25, 0.3) is 0 Å². The third kappa shape index (κ3) is 11.1. The molecule has 11 nitrogen and oxygen atoms in total. The Balaban J connectivity index is 4.67. The highest BCUT2D eigenvalue weighted by molar-refractivity contribution is 5.94. The van der Waals surface area contributed by atoms with Crippen LogP contribution in [0.3, 0.4) is 0 Å². The van der Waals surface area contributed by atoms with E-state index in [0.29, 0.717) is 6.42 Å². The van der Waals surface area contributed by atoms with Gasteiger partial charge in [0.25, 0.3) is 0 Å². The summed E-state index contributed by atoms with van der Waals surface area (Å²) in [5.41, 5.74) is -0.764. The first kappa shape index (κ1) is 25.3. The molecule has 0 aromatic rings. The summed E-state index contributed by atoms with van der Waals surface area (Å²) < 4.78 is 5.03. The molecule has 0 aliphatic heterocycles. The van der Waals surface area contributed by atoms with Gasteiger partial charge in [-0.05, 0) is 6.42 Å². The molecular weight excluding hydrogens is 374 g/mol. The van der Waals surface area contributed by atoms with Crippen molar-refractivity contribution in [3.8, 4) is 0 Å². The van der Waals surface area contributed by atoms with Crippen molar-refractivity contribution in [2.45, 2.75) is 46.1 Å². The van der Waals surface area contributed by atoms with Crippen molar-refractivity contribution in [2.24, 2.45) is 5.41 Å². The van der Waals surface area contributed by atoms with Gasteiger partial charge in [-0.25, -0.2) is 0 Å². The number of ether oxygens (including phenoxy) is 1. The average Bonchev–Trinajstić information content (AvgIpc) is 2.61. The summed E-state index contributed by atoms with van der Waals surface area (Å²) in [5.74, 6) is -4.02. The highest BCUT2D eigenvalue weighted by atomic mass is 16.5. The predicted octanol–water partition coefficient (Wildman–Crippen LogP) is -0.894. The van der Waals surface area contributed by atoms with Gasteiger partial charge in [0.2, 0.25) is 17.7 Å². The fourth-order valence-corrected chi connectivity index (χ4v) is 1.79. The molecule has 160 valence electrons. The van der Waals surface area contributed by atoms with Crippen LogP contribution in [-0.4, -0.2) is 72.2 Å². The minimum atomic E-state index is -1.25. The van der Waals surface area contributed by atoms with Gasteiger partial charge in [0, 0.05) is 12.0 Å². The molecule has 0 radical (unpaired) electrons. The fraction of sp³-hybridized carbons (Fsp3) is 0.706. The van der Waals surface area contributed by atoms with E-state index < -0.39 is 47.7 Å². The van der Waals surface area contributed by atoms with E-state index in [0.717, 1.165) is 0 Å². The Morgan fingerprint density at radius 2 is 1.64 bits per heavy atom. The van der Waals surface area contributed by atoms with Gasteiger partial charge in [-0.1, -0.05) is 20.8 Å². The lowest BCUT2D eigenvalue weighted by molar-refractivity contribution is -0.139. The van der Waals surface area contributed by atoms with Crippen LogP contribution in [0, 0.1) is 5.41 Å². The first-order valence-electron chi connectivity index (χ1n) is 8.86. The Morgan fingerprint density at radius 1 is 1.00 bits per heavy atom. The first-order chi connectivity index (χ1) is 13.0. The van der Waals surface area contributed by atoms with Crippen molar-refractivity contribution in [1.29, 1.82) is 0 Å². The van der Waals surface area contributed by atoms with E-state index in [-0.39, 0.29) is 32.6 Å². The van der Waals surface area contributed by atoms with Gasteiger partial charge in [0.05, 0.1) is 26.1 Å². The second-order valence-corrected chi connectivity index (χ2v) is 6.69. The molecule has 11 heteroatoms. The molecule has 0 saturated carbocycles. The summed E-state index contributed by atoms with van der Waals surface area (Å²) in [5, 5.41) is 24.3. The zero-order valence-corrected chi connectivity index (χ0v) is 16.4. The topological polar surface area (TPSA) is 171 Å². The van der Waals surface area contributed by atoms with Crippen molar-refractivity contribution in [2.75, 3.05) is 26.3 Å². The number of carboxylic acids is 2. The highest BCUT2D eigenvalue weighted by Gasteiger charge is 2.31. The molecule has 1 atom stereocenters. The molecular formula is C17H29N3O8. The van der Waals surface area contributed by atoms with Gasteiger partial charge in [-0.2, -0.15) is 0 Å². The van der Waals surface area contributed by atoms with Crippen molar-refractivity contribution >= 4 is 29.7 Å². The van der Waals surface area contributed by atoms with E-state index >= 15 is 0 Å². The summed E-state index contributed by atoms with van der Waals surface area (Å²) in [4.78, 5) is 57.5. The quantitative estimate of drug-likeness (QED) is 0.232. The lowest BCUT2D eigenvalue weighted by Gasteiger charge is -2.25. The summed E-state index contributed by atoms with van der Waals surface area (Å²) in [7, 11) is 0. The minimum absolute atomic E-state index is 0.00752. The van der Waals surface area contributed by atoms with E-state index in [4.69, 9.17) is 14.9 Å². The molecule has 28 heavy (non-hydrogen) atoms. The van der Waals surface area contributed by atoms with Crippen LogP contribution in [0.4, 0.5) is 0 Å². The Morgan fingerprint density at radius 3 is 2.18 bits per heavy atom. The Hall–Kier alpha value is -2.69. The maximum Gasteiger partial charge on any atom is 0.322 e. The molecule has 0 heterocycles. The Labute approximate surface area is 163 Å². The van der Waals surface area contributed by atoms with Gasteiger partial charge in [-0.15, -0.1) is 0 Å². The van der Waals surface area contributed by atoms with Gasteiger partial charge in [-0.3, -0.25) is 24.0 Å². The third-order valence-corrected chi connectivity index (χ3v) is 3.95. The molecule has 0 aliphatic carbocycles. The number of hydrogen-bond acceptors (Lipinski definition) is 6. The average molecular weight is 403 g/mol. The zero-order valence-electron chi connectivity index (χ0n) is 16.4. The smallest absolute Gasteiger partial charge is 0.322 e. The number of amides is 3. The summed E-state index contributed by atoms with van der Waals surface area (Å²) in [6.07, 6.45) is -0.0344. The van der Waals surface area contributed by atoms with E-state index in [1.54, 1.807) is 20.8 Å². The van der Waals surface area contributed by atoms with Crippen molar-refractivity contribution < 1.29 is 38.9 Å². The number of carbonyl (C=O) groups excluding carboxylic acids is 3. The molecule has 3 amide bonds. The first-order valence-corrected chi connectivity index (χ1v) is 8.86. The maximum atomic E-state index is 12.3. The maximum absolute atomic E-state index is 12.3. The Kier molecular flexibility index (Phi) is 11.4. The lowest BCUT2D eigenvalue weighted by atomic mass is 9.89. The van der Waals surface area contributed by atoms with Crippen molar-refractivity contribution in [3.63, 3.8) is 0 Å². The standard InChI is InChI=1S/C17H29N3O8/c1-4-17(2,3)16(27)20-11(15(26)19-10-14(24)25)9-12(21)18-6-8-28-7-5-13(22)23/h11H,4-10H2,1-3H3,(H,18,21)(H,19,26)(H,20,27)(H,22,23)(H,24,25). The number of nitrogens with one attached hydrogen (secondary N) is 3. The molecule has 0 bridgehead atoms. The normalized spacial score (nSPS) is 12.0. The van der Waals surface area contributed by atoms with Crippen molar-refractivity contribution in [3.05, 3.63) is 0 Å². The minimum Gasteiger partial charge on any atom is -0.481 e. The fourth-order valence-electron chi connectivity index (χ4n) is 1.79. The molecule has 0 aromatic heterocycles. The summed E-state index contributed by atoms with van der Waals surface area (Å²) in [6.45, 7) is 4.72. The van der Waals surface area contributed by atoms with E-state index in [9.17, 15) is 24.0 Å². The number of hydrogen-bond donors (Lipinski definition) is 5. The monoisotopic (exact) mass is 403 g/mol. The van der Waals surface area contributed by atoms with E-state index in [2.05, 4.69) is 16.0 Å². The second kappa shape index (κ2) is 12.7. The van der Waals surface area contributed by atoms with Gasteiger partial charge in [0.15, 0.2) is 0 Å². The Bertz CT molecular complexity index is 577. The molecule has 0 aliphatic rings. The van der Waals surface area contributed by atoms with Gasteiger partial charge >= 0.3 is 11.9 Å². The molecule has 0 saturated heterocycles. The van der Waals surface area contributed by atoms with Crippen LogP contribution >= 0.6 is 0 Å². The van der Waals surface area contributed by atoms with Gasteiger partial charge in [0.1, 0.15) is 12.6 Å². The molecule has 0 rings (SSSR count). The largest absolute Gasteiger partial charge is 0.481 e. The number of aliphatic carboxylic acids is 2. The second-order valence-electron chi connectivity index (χ2n) is 6.69. The summed E-state index contributed by atoms with van der Waals surface area (Å²) >= 11 is 0. The lowest BCUT2D eigenvalue weighted by Crippen LogP contribution is -2.52. The van der Waals surface area contributed by atoms with Crippen LogP contribution in [0.1, 0.15) is 40.0 Å². The summed E-state index contributed by atoms with van der Waals surface area (Å²) in [6, 6.07) is -1.23. The van der Waals surface area contributed by atoms with E-state index in [1.165, 1.54) is 0 Å². The van der Waals surface area contributed by atoms with Crippen LogP contribution in [0.5, 0.6) is 0 Å². The predicted molar refractivity (Wildman–Crippen MR) is 97.3 cm³/mol. The number of rotatable bonds is 14. The molecule has 1 unspecified atom stereocenters. The molecule has 0 aromatic carbocycles. The zero-order chi connectivity index (χ0) is 21.7.